The molecule has 1 radical (unpaired) electrons. The van der Waals surface area contributed by atoms with Crippen molar-refractivity contribution < 1.29 is 8.76 Å². The number of rotatable bonds is 2. The first kappa shape index (κ1) is 13.9. The minimum Gasteiger partial charge on any atom is -0.755 e. The Kier molecular flexibility index (Phi) is 6.78. The predicted octanol–water partition coefficient (Wildman–Crippen LogP) is 1.42. The van der Waals surface area contributed by atoms with E-state index >= 15 is 0 Å². The first-order valence-corrected chi connectivity index (χ1v) is 5.37. The summed E-state index contributed by atoms with van der Waals surface area (Å²) < 4.78 is 23.8. The second kappa shape index (κ2) is 6.36. The Bertz CT molecular complexity index is 321. The predicted molar refractivity (Wildman–Crippen MR) is 62.2 cm³/mol. The maximum Gasteiger partial charge on any atom is 0.0463 e. The number of hydrogen-bond acceptors (Lipinski definition) is 2. The second-order valence-electron chi connectivity index (χ2n) is 2.30. The molecule has 0 aliphatic heterocycles. The van der Waals surface area contributed by atoms with Crippen molar-refractivity contribution in [2.24, 2.45) is 0 Å². The van der Waals surface area contributed by atoms with Crippen LogP contribution < -0.4 is 4.72 Å². The average molecular weight is 319 g/mol. The van der Waals surface area contributed by atoms with Gasteiger partial charge in [-0.15, -0.1) is 0 Å². The summed E-state index contributed by atoms with van der Waals surface area (Å²) in [5.74, 6) is 0. The molecule has 1 N–H and O–H groups in total. The van der Waals surface area contributed by atoms with Gasteiger partial charge in [0, 0.05) is 50.1 Å². The summed E-state index contributed by atoms with van der Waals surface area (Å²) in [6.07, 6.45) is 0. The molecule has 0 saturated carbocycles. The van der Waals surface area contributed by atoms with E-state index in [4.69, 9.17) is 0 Å². The van der Waals surface area contributed by atoms with Gasteiger partial charge in [-0.05, 0) is 47.2 Å². The zero-order chi connectivity index (χ0) is 9.14. The van der Waals surface area contributed by atoms with E-state index in [1.807, 2.05) is 13.0 Å². The number of nitrogens with one attached hydrogen (secondary N) is 1. The maximum atomic E-state index is 10.3. The van der Waals surface area contributed by atoms with Crippen LogP contribution in [0, 0.1) is 10.5 Å². The molecule has 0 aromatic heterocycles. The fourth-order valence-corrected chi connectivity index (χ4v) is 1.59. The standard InChI is InChI=1S/C7H8INO2S.Na/c1-5-2-3-6(4-7(5)8)9-12(10)11;/h2-4,9H,1H3,(H,10,11);/p-1. The van der Waals surface area contributed by atoms with Crippen LogP contribution in [0.3, 0.4) is 0 Å². The molecule has 0 aliphatic rings. The molecular formula is C7H7INNaO2S-. The first-order valence-electron chi connectivity index (χ1n) is 3.21. The molecule has 0 amide bonds. The molecule has 6 heteroatoms. The zero-order valence-electron chi connectivity index (χ0n) is 7.33. The van der Waals surface area contributed by atoms with Gasteiger partial charge >= 0.3 is 0 Å². The molecular weight excluding hydrogens is 312 g/mol. The summed E-state index contributed by atoms with van der Waals surface area (Å²) in [5, 5.41) is 0. The Balaban J connectivity index is 0.00000144. The van der Waals surface area contributed by atoms with Gasteiger partial charge in [0.1, 0.15) is 0 Å². The van der Waals surface area contributed by atoms with E-state index in [0.717, 1.165) is 9.13 Å². The largest absolute Gasteiger partial charge is 0.755 e. The van der Waals surface area contributed by atoms with Crippen molar-refractivity contribution in [1.82, 2.24) is 0 Å². The zero-order valence-corrected chi connectivity index (χ0v) is 12.3. The van der Waals surface area contributed by atoms with Crippen LogP contribution in [0.25, 0.3) is 0 Å². The summed E-state index contributed by atoms with van der Waals surface area (Å²) in [7, 11) is 0. The van der Waals surface area contributed by atoms with Crippen molar-refractivity contribution in [1.29, 1.82) is 0 Å². The van der Waals surface area contributed by atoms with E-state index in [1.165, 1.54) is 0 Å². The Morgan fingerprint density at radius 3 is 2.62 bits per heavy atom. The minimum atomic E-state index is -2.23. The topological polar surface area (TPSA) is 52.2 Å². The van der Waals surface area contributed by atoms with Crippen molar-refractivity contribution in [3.8, 4) is 0 Å². The van der Waals surface area contributed by atoms with Crippen LogP contribution in [0.15, 0.2) is 18.2 Å². The van der Waals surface area contributed by atoms with Gasteiger partial charge in [0.25, 0.3) is 0 Å². The van der Waals surface area contributed by atoms with E-state index in [1.54, 1.807) is 12.1 Å². The van der Waals surface area contributed by atoms with Gasteiger partial charge in [0.05, 0.1) is 0 Å². The smallest absolute Gasteiger partial charge is 0.0463 e. The quantitative estimate of drug-likeness (QED) is 0.509. The van der Waals surface area contributed by atoms with Crippen molar-refractivity contribution in [2.75, 3.05) is 4.72 Å². The van der Waals surface area contributed by atoms with Crippen molar-refractivity contribution in [3.63, 3.8) is 0 Å². The number of aryl methyl sites for hydroxylation is 1. The summed E-state index contributed by atoms with van der Waals surface area (Å²) in [4.78, 5) is 0. The van der Waals surface area contributed by atoms with Gasteiger partial charge < -0.3 is 9.27 Å². The van der Waals surface area contributed by atoms with E-state index < -0.39 is 11.3 Å². The molecule has 1 rings (SSSR count). The molecule has 3 nitrogen and oxygen atoms in total. The van der Waals surface area contributed by atoms with Crippen LogP contribution >= 0.6 is 22.6 Å². The van der Waals surface area contributed by atoms with Crippen LogP contribution in [0.1, 0.15) is 5.56 Å². The van der Waals surface area contributed by atoms with Crippen LogP contribution in [0.5, 0.6) is 0 Å². The summed E-state index contributed by atoms with van der Waals surface area (Å²) in [6.45, 7) is 1.97. The van der Waals surface area contributed by atoms with E-state index in [2.05, 4.69) is 27.3 Å². The van der Waals surface area contributed by atoms with Crippen LogP contribution in [-0.2, 0) is 11.3 Å². The van der Waals surface area contributed by atoms with Gasteiger partial charge in [-0.3, -0.25) is 4.21 Å². The third kappa shape index (κ3) is 4.75. The van der Waals surface area contributed by atoms with Crippen molar-refractivity contribution >= 4 is 69.1 Å². The minimum absolute atomic E-state index is 0. The molecule has 67 valence electrons. The Hall–Kier alpha value is 0.860. The number of anilines is 1. The van der Waals surface area contributed by atoms with Crippen LogP contribution in [0.2, 0.25) is 0 Å². The monoisotopic (exact) mass is 319 g/mol. The molecule has 13 heavy (non-hydrogen) atoms. The molecule has 0 bridgehead atoms. The molecule has 0 fully saturated rings. The van der Waals surface area contributed by atoms with E-state index in [0.29, 0.717) is 5.69 Å². The molecule has 0 aliphatic carbocycles. The third-order valence-corrected chi connectivity index (χ3v) is 2.94. The van der Waals surface area contributed by atoms with Gasteiger partial charge in [0.15, 0.2) is 0 Å². The average Bonchev–Trinajstić information content (AvgIpc) is 1.96. The normalized spacial score (nSPS) is 11.6. The van der Waals surface area contributed by atoms with E-state index in [9.17, 15) is 8.76 Å². The van der Waals surface area contributed by atoms with Crippen molar-refractivity contribution in [3.05, 3.63) is 27.3 Å². The summed E-state index contributed by atoms with van der Waals surface area (Å²) in [6, 6.07) is 5.38. The summed E-state index contributed by atoms with van der Waals surface area (Å²) >= 11 is -0.0790. The fourth-order valence-electron chi connectivity index (χ4n) is 0.753. The number of benzene rings is 1. The van der Waals surface area contributed by atoms with Gasteiger partial charge in [-0.1, -0.05) is 6.07 Å². The first-order chi connectivity index (χ1) is 5.59. The molecule has 1 atom stereocenters. The molecule has 0 saturated heterocycles. The Morgan fingerprint density at radius 2 is 2.15 bits per heavy atom. The van der Waals surface area contributed by atoms with Crippen LogP contribution in [-0.4, -0.2) is 38.3 Å². The number of hydrogen-bond donors (Lipinski definition) is 1. The Labute approximate surface area is 116 Å². The molecule has 1 aromatic rings. The van der Waals surface area contributed by atoms with Gasteiger partial charge in [0.2, 0.25) is 0 Å². The van der Waals surface area contributed by atoms with Gasteiger partial charge in [-0.25, -0.2) is 0 Å². The molecule has 1 unspecified atom stereocenters. The van der Waals surface area contributed by atoms with Crippen LogP contribution in [0.4, 0.5) is 5.69 Å². The fraction of sp³-hybridized carbons (Fsp3) is 0.143. The summed E-state index contributed by atoms with van der Waals surface area (Å²) in [5.41, 5.74) is 1.73. The molecule has 1 aromatic carbocycles. The SMILES string of the molecule is Cc1ccc(NS(=O)[O-])cc1I.[Na]. The third-order valence-electron chi connectivity index (χ3n) is 1.37. The maximum absolute atomic E-state index is 10.3. The molecule has 0 spiro atoms. The molecule has 0 heterocycles. The Morgan fingerprint density at radius 1 is 1.54 bits per heavy atom. The van der Waals surface area contributed by atoms with Gasteiger partial charge in [-0.2, -0.15) is 0 Å². The number of halogens is 1. The van der Waals surface area contributed by atoms with Crippen molar-refractivity contribution in [2.45, 2.75) is 6.92 Å². The second-order valence-corrected chi connectivity index (χ2v) is 4.14. The van der Waals surface area contributed by atoms with E-state index in [-0.39, 0.29) is 29.6 Å².